The fraction of sp³-hybridized carbons (Fsp3) is 0.611. The summed E-state index contributed by atoms with van der Waals surface area (Å²) in [7, 11) is 1.64. The van der Waals surface area contributed by atoms with Gasteiger partial charge in [0.15, 0.2) is 11.7 Å². The van der Waals surface area contributed by atoms with Gasteiger partial charge < -0.3 is 25.3 Å². The first-order chi connectivity index (χ1) is 11.7. The molecular formula is C18H27N3O3. The Hall–Kier alpha value is -1.79. The number of hydrogen-bond donors (Lipinski definition) is 2. The predicted octanol–water partition coefficient (Wildman–Crippen LogP) is 2.89. The molecule has 2 aliphatic rings. The van der Waals surface area contributed by atoms with Gasteiger partial charge in [-0.1, -0.05) is 18.9 Å². The summed E-state index contributed by atoms with van der Waals surface area (Å²) in [4.78, 5) is 4.40. The van der Waals surface area contributed by atoms with Gasteiger partial charge in [-0.2, -0.15) is 0 Å². The lowest BCUT2D eigenvalue weighted by Gasteiger charge is -2.26. The van der Waals surface area contributed by atoms with Crippen LogP contribution in [0.5, 0.6) is 5.75 Å². The molecular weight excluding hydrogens is 306 g/mol. The number of nitrogens with one attached hydrogen (secondary N) is 1. The van der Waals surface area contributed by atoms with Gasteiger partial charge in [-0.15, -0.1) is 0 Å². The number of guanidine groups is 1. The van der Waals surface area contributed by atoms with E-state index in [2.05, 4.69) is 10.3 Å². The van der Waals surface area contributed by atoms with Crippen LogP contribution in [0.1, 0.15) is 38.5 Å². The van der Waals surface area contributed by atoms with E-state index in [0.717, 1.165) is 24.3 Å². The number of anilines is 1. The summed E-state index contributed by atoms with van der Waals surface area (Å²) in [5.74, 6) is 0.773. The van der Waals surface area contributed by atoms with Crippen molar-refractivity contribution in [3.05, 3.63) is 24.3 Å². The first kappa shape index (κ1) is 17.0. The second-order valence-electron chi connectivity index (χ2n) is 6.46. The number of nitrogens with zero attached hydrogens (tertiary/aromatic N) is 1. The number of benzene rings is 1. The van der Waals surface area contributed by atoms with E-state index < -0.39 is 0 Å². The molecule has 1 aromatic carbocycles. The van der Waals surface area contributed by atoms with Gasteiger partial charge in [-0.25, -0.2) is 0 Å². The average molecular weight is 333 g/mol. The van der Waals surface area contributed by atoms with Crippen molar-refractivity contribution in [1.29, 1.82) is 0 Å². The Balaban J connectivity index is 1.51. The molecule has 0 amide bonds. The summed E-state index contributed by atoms with van der Waals surface area (Å²) in [6.45, 7) is 1.10. The standard InChI is InChI=1S/C18H27N3O3/c1-22-15-8-6-7-14(11-15)21-17(19)20-12-16-13-23-18(24-16)9-4-2-3-5-10-18/h6-8,11,16H,2-5,9-10,12-13H2,1H3,(H3,19,20,21). The minimum atomic E-state index is -0.369. The van der Waals surface area contributed by atoms with E-state index in [9.17, 15) is 0 Å². The van der Waals surface area contributed by atoms with Gasteiger partial charge >= 0.3 is 0 Å². The molecule has 0 bridgehead atoms. The molecule has 3 N–H and O–H groups in total. The van der Waals surface area contributed by atoms with Crippen molar-refractivity contribution in [2.24, 2.45) is 10.7 Å². The van der Waals surface area contributed by atoms with E-state index >= 15 is 0 Å². The normalized spacial score (nSPS) is 23.9. The van der Waals surface area contributed by atoms with Crippen LogP contribution in [0.2, 0.25) is 0 Å². The fourth-order valence-electron chi connectivity index (χ4n) is 3.32. The summed E-state index contributed by atoms with van der Waals surface area (Å²) in [5, 5.41) is 3.07. The number of ether oxygens (including phenoxy) is 3. The van der Waals surface area contributed by atoms with Crippen molar-refractivity contribution in [2.45, 2.75) is 50.4 Å². The Morgan fingerprint density at radius 1 is 1.33 bits per heavy atom. The second-order valence-corrected chi connectivity index (χ2v) is 6.46. The van der Waals surface area contributed by atoms with Gasteiger partial charge in [0.2, 0.25) is 0 Å². The number of methoxy groups -OCH3 is 1. The lowest BCUT2D eigenvalue weighted by molar-refractivity contribution is -0.174. The molecule has 1 saturated carbocycles. The van der Waals surface area contributed by atoms with Crippen LogP contribution in [0, 0.1) is 0 Å². The third-order valence-corrected chi connectivity index (χ3v) is 4.59. The number of aliphatic imine (C=N–C) groups is 1. The van der Waals surface area contributed by atoms with Gasteiger partial charge in [0, 0.05) is 24.6 Å². The van der Waals surface area contributed by atoms with Gasteiger partial charge in [0.1, 0.15) is 11.9 Å². The molecule has 2 fully saturated rings. The second kappa shape index (κ2) is 7.85. The van der Waals surface area contributed by atoms with Crippen molar-refractivity contribution >= 4 is 11.6 Å². The molecule has 0 aromatic heterocycles. The summed E-state index contributed by atoms with van der Waals surface area (Å²) in [5.41, 5.74) is 6.82. The van der Waals surface area contributed by atoms with E-state index in [4.69, 9.17) is 19.9 Å². The number of rotatable bonds is 4. The first-order valence-electron chi connectivity index (χ1n) is 8.72. The summed E-state index contributed by atoms with van der Waals surface area (Å²) < 4.78 is 17.4. The quantitative estimate of drug-likeness (QED) is 0.654. The Kier molecular flexibility index (Phi) is 5.58. The molecule has 6 nitrogen and oxygen atoms in total. The molecule has 3 rings (SSSR count). The van der Waals surface area contributed by atoms with Crippen LogP contribution >= 0.6 is 0 Å². The van der Waals surface area contributed by atoms with Crippen LogP contribution in [-0.4, -0.2) is 38.1 Å². The first-order valence-corrected chi connectivity index (χ1v) is 8.72. The van der Waals surface area contributed by atoms with Crippen molar-refractivity contribution < 1.29 is 14.2 Å². The molecule has 1 aromatic rings. The minimum absolute atomic E-state index is 0.0197. The zero-order valence-corrected chi connectivity index (χ0v) is 14.3. The zero-order chi connectivity index (χ0) is 16.8. The molecule has 1 spiro atoms. The molecule has 1 atom stereocenters. The zero-order valence-electron chi connectivity index (χ0n) is 14.3. The highest BCUT2D eigenvalue weighted by atomic mass is 16.7. The van der Waals surface area contributed by atoms with Gasteiger partial charge in [0.25, 0.3) is 0 Å². The molecule has 0 radical (unpaired) electrons. The van der Waals surface area contributed by atoms with E-state index in [1.165, 1.54) is 25.7 Å². The summed E-state index contributed by atoms with van der Waals surface area (Å²) >= 11 is 0. The van der Waals surface area contributed by atoms with Crippen molar-refractivity contribution in [1.82, 2.24) is 0 Å². The topological polar surface area (TPSA) is 78.1 Å². The van der Waals surface area contributed by atoms with Crippen LogP contribution < -0.4 is 15.8 Å². The lowest BCUT2D eigenvalue weighted by Crippen LogP contribution is -2.31. The SMILES string of the molecule is COc1cccc(NC(N)=NCC2COC3(CCCCCC3)O2)c1. The molecule has 1 aliphatic heterocycles. The number of nitrogens with two attached hydrogens (primary N) is 1. The Labute approximate surface area is 143 Å². The smallest absolute Gasteiger partial charge is 0.193 e. The molecule has 6 heteroatoms. The van der Waals surface area contributed by atoms with Crippen LogP contribution in [0.15, 0.2) is 29.3 Å². The maximum Gasteiger partial charge on any atom is 0.193 e. The van der Waals surface area contributed by atoms with E-state index in [0.29, 0.717) is 19.1 Å². The Bertz CT molecular complexity index is 568. The van der Waals surface area contributed by atoms with Crippen LogP contribution in [-0.2, 0) is 9.47 Å². The average Bonchev–Trinajstić information content (AvgIpc) is 2.84. The molecule has 1 heterocycles. The maximum atomic E-state index is 6.17. The van der Waals surface area contributed by atoms with E-state index in [-0.39, 0.29) is 11.9 Å². The molecule has 132 valence electrons. The third-order valence-electron chi connectivity index (χ3n) is 4.59. The van der Waals surface area contributed by atoms with Crippen LogP contribution in [0.25, 0.3) is 0 Å². The molecule has 1 saturated heterocycles. The molecule has 1 unspecified atom stereocenters. The largest absolute Gasteiger partial charge is 0.497 e. The van der Waals surface area contributed by atoms with Crippen LogP contribution in [0.3, 0.4) is 0 Å². The summed E-state index contributed by atoms with van der Waals surface area (Å²) in [6, 6.07) is 7.57. The van der Waals surface area contributed by atoms with E-state index in [1.807, 2.05) is 24.3 Å². The highest BCUT2D eigenvalue weighted by molar-refractivity contribution is 5.92. The van der Waals surface area contributed by atoms with Crippen LogP contribution in [0.4, 0.5) is 5.69 Å². The predicted molar refractivity (Wildman–Crippen MR) is 94.4 cm³/mol. The Morgan fingerprint density at radius 2 is 2.12 bits per heavy atom. The maximum absolute atomic E-state index is 6.17. The monoisotopic (exact) mass is 333 g/mol. The highest BCUT2D eigenvalue weighted by Crippen LogP contribution is 2.36. The van der Waals surface area contributed by atoms with Gasteiger partial charge in [-0.3, -0.25) is 4.99 Å². The molecule has 24 heavy (non-hydrogen) atoms. The highest BCUT2D eigenvalue weighted by Gasteiger charge is 2.41. The van der Waals surface area contributed by atoms with E-state index in [1.54, 1.807) is 7.11 Å². The number of hydrogen-bond acceptors (Lipinski definition) is 4. The summed E-state index contributed by atoms with van der Waals surface area (Å²) in [6.07, 6.45) is 6.86. The third kappa shape index (κ3) is 4.39. The molecule has 1 aliphatic carbocycles. The van der Waals surface area contributed by atoms with Crippen molar-refractivity contribution in [2.75, 3.05) is 25.6 Å². The Morgan fingerprint density at radius 3 is 2.88 bits per heavy atom. The fourth-order valence-corrected chi connectivity index (χ4v) is 3.32. The van der Waals surface area contributed by atoms with Gasteiger partial charge in [-0.05, 0) is 25.0 Å². The van der Waals surface area contributed by atoms with Gasteiger partial charge in [0.05, 0.1) is 20.3 Å². The lowest BCUT2D eigenvalue weighted by atomic mass is 10.1. The van der Waals surface area contributed by atoms with Crippen molar-refractivity contribution in [3.63, 3.8) is 0 Å². The van der Waals surface area contributed by atoms with Crippen molar-refractivity contribution in [3.8, 4) is 5.75 Å². The minimum Gasteiger partial charge on any atom is -0.497 e.